The van der Waals surface area contributed by atoms with Crippen LogP contribution in [-0.2, 0) is 0 Å². The normalized spacial score (nSPS) is 10.0. The van der Waals surface area contributed by atoms with Crippen molar-refractivity contribution in [1.82, 2.24) is 15.2 Å². The Labute approximate surface area is 97.3 Å². The highest BCUT2D eigenvalue weighted by Gasteiger charge is 2.16. The average Bonchev–Trinajstić information content (AvgIpc) is 2.82. The van der Waals surface area contributed by atoms with Crippen molar-refractivity contribution >= 4 is 11.7 Å². The Kier molecular flexibility index (Phi) is 3.03. The zero-order valence-electron chi connectivity index (χ0n) is 8.92. The molecule has 1 amide bonds. The molecule has 0 radical (unpaired) electrons. The maximum atomic E-state index is 11.5. The van der Waals surface area contributed by atoms with Gasteiger partial charge in [0.25, 0.3) is 5.91 Å². The number of nitrogens with two attached hydrogens (primary N) is 2. The molecule has 0 spiro atoms. The lowest BCUT2D eigenvalue weighted by molar-refractivity contribution is 0.0954. The maximum Gasteiger partial charge on any atom is 0.270 e. The molecule has 88 valence electrons. The predicted molar refractivity (Wildman–Crippen MR) is 63.0 cm³/mol. The molecule has 0 saturated carbocycles. The minimum Gasteiger partial charge on any atom is -0.308 e. The van der Waals surface area contributed by atoms with Crippen LogP contribution in [0, 0.1) is 0 Å². The van der Waals surface area contributed by atoms with E-state index in [0.717, 1.165) is 5.69 Å². The zero-order valence-corrected chi connectivity index (χ0v) is 8.92. The maximum absolute atomic E-state index is 11.5. The summed E-state index contributed by atoms with van der Waals surface area (Å²) >= 11 is 0. The number of hydrazine groups is 2. The minimum atomic E-state index is -0.458. The van der Waals surface area contributed by atoms with Crippen LogP contribution < -0.4 is 22.5 Å². The van der Waals surface area contributed by atoms with Crippen LogP contribution in [0.15, 0.2) is 36.5 Å². The number of nitrogens with one attached hydrogen (secondary N) is 2. The number of nitrogen functional groups attached to an aromatic ring is 2. The third-order valence-corrected chi connectivity index (χ3v) is 2.28. The first kappa shape index (κ1) is 11.1. The van der Waals surface area contributed by atoms with Crippen molar-refractivity contribution < 1.29 is 4.79 Å². The van der Waals surface area contributed by atoms with E-state index in [2.05, 4.69) is 10.5 Å². The van der Waals surface area contributed by atoms with Crippen molar-refractivity contribution in [3.63, 3.8) is 0 Å². The van der Waals surface area contributed by atoms with Crippen LogP contribution in [0.3, 0.4) is 0 Å². The molecule has 0 saturated heterocycles. The highest BCUT2D eigenvalue weighted by molar-refractivity contribution is 5.98. The topological polar surface area (TPSA) is 111 Å². The standard InChI is InChI=1S/C10H12N6O/c11-14-9-8(10(17)15-12)6-13-16(9)7-4-2-1-3-5-7/h1-6,14H,11-12H2,(H,15,17). The Morgan fingerprint density at radius 3 is 2.53 bits per heavy atom. The molecule has 2 rings (SSSR count). The molecular weight excluding hydrogens is 220 g/mol. The SMILES string of the molecule is NNC(=O)c1cnn(-c2ccccc2)c1NN. The van der Waals surface area contributed by atoms with Crippen LogP contribution in [0.25, 0.3) is 5.69 Å². The Morgan fingerprint density at radius 1 is 1.24 bits per heavy atom. The van der Waals surface area contributed by atoms with E-state index in [9.17, 15) is 4.79 Å². The largest absolute Gasteiger partial charge is 0.308 e. The van der Waals surface area contributed by atoms with Crippen LogP contribution in [0.4, 0.5) is 5.82 Å². The molecule has 7 nitrogen and oxygen atoms in total. The highest BCUT2D eigenvalue weighted by Crippen LogP contribution is 2.18. The van der Waals surface area contributed by atoms with E-state index in [-0.39, 0.29) is 5.56 Å². The van der Waals surface area contributed by atoms with Crippen LogP contribution in [0.2, 0.25) is 0 Å². The first-order valence-corrected chi connectivity index (χ1v) is 4.89. The van der Waals surface area contributed by atoms with Crippen LogP contribution in [0.1, 0.15) is 10.4 Å². The molecule has 6 N–H and O–H groups in total. The molecule has 0 atom stereocenters. The molecule has 17 heavy (non-hydrogen) atoms. The molecule has 2 aromatic rings. The third kappa shape index (κ3) is 1.96. The van der Waals surface area contributed by atoms with Crippen molar-refractivity contribution in [1.29, 1.82) is 0 Å². The van der Waals surface area contributed by atoms with Gasteiger partial charge in [0, 0.05) is 0 Å². The van der Waals surface area contributed by atoms with Gasteiger partial charge < -0.3 is 5.43 Å². The number of rotatable bonds is 3. The molecule has 0 aliphatic heterocycles. The van der Waals surface area contributed by atoms with Gasteiger partial charge in [0.05, 0.1) is 11.9 Å². The lowest BCUT2D eigenvalue weighted by Gasteiger charge is -2.07. The van der Waals surface area contributed by atoms with Gasteiger partial charge in [0.1, 0.15) is 5.56 Å². The number of nitrogens with zero attached hydrogens (tertiary/aromatic N) is 2. The highest BCUT2D eigenvalue weighted by atomic mass is 16.2. The zero-order chi connectivity index (χ0) is 12.3. The number of hydrogen-bond donors (Lipinski definition) is 4. The Balaban J connectivity index is 2.50. The summed E-state index contributed by atoms with van der Waals surface area (Å²) < 4.78 is 1.52. The molecule has 0 aliphatic carbocycles. The monoisotopic (exact) mass is 232 g/mol. The second-order valence-corrected chi connectivity index (χ2v) is 3.27. The molecule has 0 fully saturated rings. The lowest BCUT2D eigenvalue weighted by atomic mass is 10.3. The molecule has 1 heterocycles. The number of benzene rings is 1. The van der Waals surface area contributed by atoms with E-state index in [4.69, 9.17) is 11.7 Å². The van der Waals surface area contributed by atoms with Gasteiger partial charge in [-0.25, -0.2) is 16.4 Å². The van der Waals surface area contributed by atoms with Crippen molar-refractivity contribution in [2.45, 2.75) is 0 Å². The van der Waals surface area contributed by atoms with E-state index in [1.54, 1.807) is 0 Å². The first-order chi connectivity index (χ1) is 8.27. The Bertz CT molecular complexity index is 521. The summed E-state index contributed by atoms with van der Waals surface area (Å²) in [6, 6.07) is 9.30. The van der Waals surface area contributed by atoms with Crippen molar-refractivity contribution in [2.75, 3.05) is 5.43 Å². The molecule has 0 bridgehead atoms. The summed E-state index contributed by atoms with van der Waals surface area (Å²) in [5.41, 5.74) is 5.54. The van der Waals surface area contributed by atoms with Crippen molar-refractivity contribution in [3.8, 4) is 5.69 Å². The fourth-order valence-electron chi connectivity index (χ4n) is 1.50. The number of hydrogen-bond acceptors (Lipinski definition) is 5. The van der Waals surface area contributed by atoms with Crippen LogP contribution in [0.5, 0.6) is 0 Å². The summed E-state index contributed by atoms with van der Waals surface area (Å²) in [6.45, 7) is 0. The van der Waals surface area contributed by atoms with Crippen LogP contribution >= 0.6 is 0 Å². The van der Waals surface area contributed by atoms with E-state index < -0.39 is 5.91 Å². The summed E-state index contributed by atoms with van der Waals surface area (Å²) in [6.07, 6.45) is 1.39. The van der Waals surface area contributed by atoms with Gasteiger partial charge in [-0.2, -0.15) is 5.10 Å². The summed E-state index contributed by atoms with van der Waals surface area (Å²) in [4.78, 5) is 11.5. The second-order valence-electron chi connectivity index (χ2n) is 3.27. The fourth-order valence-corrected chi connectivity index (χ4v) is 1.50. The molecular formula is C10H12N6O. The summed E-state index contributed by atoms with van der Waals surface area (Å²) in [5, 5.41) is 4.08. The molecule has 0 unspecified atom stereocenters. The third-order valence-electron chi connectivity index (χ3n) is 2.28. The first-order valence-electron chi connectivity index (χ1n) is 4.89. The van der Waals surface area contributed by atoms with Crippen LogP contribution in [-0.4, -0.2) is 15.7 Å². The number of anilines is 1. The number of aromatic nitrogens is 2. The quantitative estimate of drug-likeness (QED) is 0.331. The number of carbonyl (C=O) groups is 1. The van der Waals surface area contributed by atoms with Crippen molar-refractivity contribution in [3.05, 3.63) is 42.1 Å². The van der Waals surface area contributed by atoms with Gasteiger partial charge in [-0.05, 0) is 12.1 Å². The van der Waals surface area contributed by atoms with E-state index in [0.29, 0.717) is 5.82 Å². The lowest BCUT2D eigenvalue weighted by Crippen LogP contribution is -2.30. The second kappa shape index (κ2) is 4.64. The van der Waals surface area contributed by atoms with E-state index >= 15 is 0 Å². The number of para-hydroxylation sites is 1. The molecule has 7 heteroatoms. The molecule has 1 aromatic carbocycles. The number of amides is 1. The molecule has 0 aliphatic rings. The predicted octanol–water partition coefficient (Wildman–Crippen LogP) is -0.239. The van der Waals surface area contributed by atoms with E-state index in [1.807, 2.05) is 35.8 Å². The van der Waals surface area contributed by atoms with Crippen molar-refractivity contribution in [2.24, 2.45) is 11.7 Å². The van der Waals surface area contributed by atoms with Gasteiger partial charge in [0.2, 0.25) is 0 Å². The smallest absolute Gasteiger partial charge is 0.270 e. The Hall–Kier alpha value is -2.38. The summed E-state index contributed by atoms with van der Waals surface area (Å²) in [5.74, 6) is 10.4. The average molecular weight is 232 g/mol. The molecule has 1 aromatic heterocycles. The van der Waals surface area contributed by atoms with E-state index in [1.165, 1.54) is 10.9 Å². The fraction of sp³-hybridized carbons (Fsp3) is 0. The minimum absolute atomic E-state index is 0.277. The van der Waals surface area contributed by atoms with Gasteiger partial charge in [-0.1, -0.05) is 18.2 Å². The summed E-state index contributed by atoms with van der Waals surface area (Å²) in [7, 11) is 0. The Morgan fingerprint density at radius 2 is 1.94 bits per heavy atom. The van der Waals surface area contributed by atoms with Gasteiger partial charge >= 0.3 is 0 Å². The van der Waals surface area contributed by atoms with Gasteiger partial charge in [-0.3, -0.25) is 10.2 Å². The number of carbonyl (C=O) groups excluding carboxylic acids is 1. The van der Waals surface area contributed by atoms with Gasteiger partial charge in [-0.15, -0.1) is 0 Å². The van der Waals surface area contributed by atoms with Gasteiger partial charge in [0.15, 0.2) is 5.82 Å².